The fraction of sp³-hybridized carbons (Fsp3) is 0. The van der Waals surface area contributed by atoms with Gasteiger partial charge in [-0.25, -0.2) is 0 Å². The van der Waals surface area contributed by atoms with E-state index in [2.05, 4.69) is 0 Å². The minimum atomic E-state index is -1.66. The average Bonchev–Trinajstić information content (AvgIpc) is 2.62. The summed E-state index contributed by atoms with van der Waals surface area (Å²) >= 11 is 0. The summed E-state index contributed by atoms with van der Waals surface area (Å²) in [6, 6.07) is 25.9. The number of rotatable bonds is 4. The third-order valence-corrected chi connectivity index (χ3v) is 6.31. The van der Waals surface area contributed by atoms with Gasteiger partial charge < -0.3 is 0 Å². The van der Waals surface area contributed by atoms with Crippen molar-refractivity contribution < 1.29 is 9.13 Å². The van der Waals surface area contributed by atoms with Crippen molar-refractivity contribution in [1.82, 2.24) is 0 Å². The smallest absolute Gasteiger partial charge is 0.0619 e. The standard InChI is InChI=1S/C18H14O2P2/c19-21(15-8-3-1-4-9-15)17-12-7-13-18(14-17)22(20)16-10-5-2-6-11-16/h1-14H/q+2. The molecule has 4 heteroatoms. The first-order valence-electron chi connectivity index (χ1n) is 6.90. The maximum absolute atomic E-state index is 12.6. The van der Waals surface area contributed by atoms with Crippen LogP contribution in [-0.2, 0) is 9.13 Å². The Kier molecular flexibility index (Phi) is 4.53. The Labute approximate surface area is 131 Å². The first-order chi connectivity index (χ1) is 10.8. The van der Waals surface area contributed by atoms with Crippen molar-refractivity contribution in [3.63, 3.8) is 0 Å². The summed E-state index contributed by atoms with van der Waals surface area (Å²) in [5, 5.41) is 2.98. The molecular formula is C18H14O2P2+2. The van der Waals surface area contributed by atoms with Gasteiger partial charge in [0.15, 0.2) is 10.6 Å². The highest BCUT2D eigenvalue weighted by Crippen LogP contribution is 2.22. The van der Waals surface area contributed by atoms with Gasteiger partial charge in [-0.05, 0) is 36.4 Å². The van der Waals surface area contributed by atoms with Crippen molar-refractivity contribution >= 4 is 36.8 Å². The molecule has 0 fully saturated rings. The highest BCUT2D eigenvalue weighted by Gasteiger charge is 2.29. The molecule has 3 rings (SSSR count). The molecule has 0 aliphatic carbocycles. The Bertz CT molecular complexity index is 748. The Morgan fingerprint density at radius 1 is 0.455 bits per heavy atom. The molecule has 2 nitrogen and oxygen atoms in total. The van der Waals surface area contributed by atoms with Crippen molar-refractivity contribution in [2.45, 2.75) is 0 Å². The van der Waals surface area contributed by atoms with E-state index in [4.69, 9.17) is 0 Å². The molecule has 0 heterocycles. The molecule has 0 amide bonds. The zero-order chi connectivity index (χ0) is 15.4. The lowest BCUT2D eigenvalue weighted by Gasteiger charge is -1.91. The van der Waals surface area contributed by atoms with Crippen LogP contribution in [0.3, 0.4) is 0 Å². The van der Waals surface area contributed by atoms with Crippen molar-refractivity contribution in [1.29, 1.82) is 0 Å². The summed E-state index contributed by atoms with van der Waals surface area (Å²) in [5.74, 6) is 0. The normalized spacial score (nSPS) is 11.8. The minimum absolute atomic E-state index is 0.706. The fourth-order valence-corrected chi connectivity index (χ4v) is 4.71. The van der Waals surface area contributed by atoms with Crippen LogP contribution in [0.1, 0.15) is 0 Å². The van der Waals surface area contributed by atoms with Gasteiger partial charge in [0.1, 0.15) is 0 Å². The summed E-state index contributed by atoms with van der Waals surface area (Å²) in [6.45, 7) is 0. The summed E-state index contributed by atoms with van der Waals surface area (Å²) in [5.41, 5.74) is 0. The Hall–Kier alpha value is -2.14. The second-order valence-electron chi connectivity index (χ2n) is 4.78. The molecule has 0 bridgehead atoms. The first kappa shape index (κ1) is 14.8. The van der Waals surface area contributed by atoms with E-state index in [9.17, 15) is 9.13 Å². The first-order valence-corrected chi connectivity index (χ1v) is 9.42. The molecule has 3 aromatic carbocycles. The van der Waals surface area contributed by atoms with E-state index in [-0.39, 0.29) is 0 Å². The van der Waals surface area contributed by atoms with Crippen molar-refractivity contribution in [2.75, 3.05) is 0 Å². The van der Waals surface area contributed by atoms with Crippen LogP contribution in [0.5, 0.6) is 0 Å². The average molecular weight is 324 g/mol. The van der Waals surface area contributed by atoms with Crippen LogP contribution in [0.2, 0.25) is 0 Å². The molecule has 0 spiro atoms. The van der Waals surface area contributed by atoms with Gasteiger partial charge in [-0.3, -0.25) is 0 Å². The van der Waals surface area contributed by atoms with Gasteiger partial charge in [0, 0.05) is 6.07 Å². The molecule has 2 unspecified atom stereocenters. The lowest BCUT2D eigenvalue weighted by molar-refractivity contribution is 0.597. The Morgan fingerprint density at radius 3 is 1.23 bits per heavy atom. The molecular weight excluding hydrogens is 310 g/mol. The van der Waals surface area contributed by atoms with Crippen LogP contribution < -0.4 is 21.2 Å². The number of benzene rings is 3. The van der Waals surface area contributed by atoms with Crippen LogP contribution >= 0.6 is 15.6 Å². The van der Waals surface area contributed by atoms with Crippen LogP contribution in [0.25, 0.3) is 0 Å². The second-order valence-corrected chi connectivity index (χ2v) is 8.02. The van der Waals surface area contributed by atoms with Crippen LogP contribution in [0.15, 0.2) is 84.9 Å². The summed E-state index contributed by atoms with van der Waals surface area (Å²) < 4.78 is 25.2. The molecule has 22 heavy (non-hydrogen) atoms. The van der Waals surface area contributed by atoms with E-state index in [0.29, 0.717) is 10.6 Å². The molecule has 0 aliphatic heterocycles. The van der Waals surface area contributed by atoms with E-state index in [1.807, 2.05) is 78.9 Å². The number of hydrogen-bond donors (Lipinski definition) is 0. The molecule has 0 aliphatic rings. The largest absolute Gasteiger partial charge is 0.415 e. The van der Waals surface area contributed by atoms with Gasteiger partial charge in [0.05, 0.1) is 0 Å². The molecule has 0 saturated carbocycles. The van der Waals surface area contributed by atoms with E-state index >= 15 is 0 Å². The molecule has 2 atom stereocenters. The van der Waals surface area contributed by atoms with Gasteiger partial charge in [0.25, 0.3) is 0 Å². The molecule has 106 valence electrons. The fourth-order valence-electron chi connectivity index (χ4n) is 2.17. The highest BCUT2D eigenvalue weighted by atomic mass is 31.1. The van der Waals surface area contributed by atoms with Gasteiger partial charge in [0.2, 0.25) is 10.6 Å². The zero-order valence-electron chi connectivity index (χ0n) is 11.8. The van der Waals surface area contributed by atoms with E-state index < -0.39 is 15.6 Å². The van der Waals surface area contributed by atoms with Crippen LogP contribution in [0.4, 0.5) is 0 Å². The maximum atomic E-state index is 12.6. The van der Waals surface area contributed by atoms with E-state index in [0.717, 1.165) is 10.6 Å². The molecule has 0 saturated heterocycles. The lowest BCUT2D eigenvalue weighted by Crippen LogP contribution is -2.13. The molecule has 3 aromatic rings. The maximum Gasteiger partial charge on any atom is 0.415 e. The van der Waals surface area contributed by atoms with E-state index in [1.165, 1.54) is 0 Å². The van der Waals surface area contributed by atoms with Crippen molar-refractivity contribution in [3.05, 3.63) is 84.9 Å². The van der Waals surface area contributed by atoms with Crippen LogP contribution in [-0.4, -0.2) is 0 Å². The predicted octanol–water partition coefficient (Wildman–Crippen LogP) is 3.24. The predicted molar refractivity (Wildman–Crippen MR) is 93.1 cm³/mol. The molecule has 0 N–H and O–H groups in total. The monoisotopic (exact) mass is 324 g/mol. The Balaban J connectivity index is 1.94. The highest BCUT2D eigenvalue weighted by molar-refractivity contribution is 7.63. The van der Waals surface area contributed by atoms with E-state index in [1.54, 1.807) is 6.07 Å². The van der Waals surface area contributed by atoms with Crippen molar-refractivity contribution in [3.8, 4) is 0 Å². The third-order valence-electron chi connectivity index (χ3n) is 3.28. The second kappa shape index (κ2) is 6.75. The quantitative estimate of drug-likeness (QED) is 0.691. The minimum Gasteiger partial charge on any atom is -0.0619 e. The SMILES string of the molecule is O=[P+](c1ccccc1)c1cccc([P+](=O)c2ccccc2)c1. The van der Waals surface area contributed by atoms with Crippen molar-refractivity contribution in [2.24, 2.45) is 0 Å². The van der Waals surface area contributed by atoms with Crippen LogP contribution in [0, 0.1) is 0 Å². The lowest BCUT2D eigenvalue weighted by atomic mass is 10.4. The van der Waals surface area contributed by atoms with Gasteiger partial charge in [-0.15, -0.1) is 0 Å². The zero-order valence-corrected chi connectivity index (χ0v) is 13.6. The summed E-state index contributed by atoms with van der Waals surface area (Å²) in [7, 11) is -3.32. The summed E-state index contributed by atoms with van der Waals surface area (Å²) in [4.78, 5) is 0. The third kappa shape index (κ3) is 3.20. The topological polar surface area (TPSA) is 34.1 Å². The van der Waals surface area contributed by atoms with Gasteiger partial charge in [-0.1, -0.05) is 51.6 Å². The Morgan fingerprint density at radius 2 is 0.818 bits per heavy atom. The summed E-state index contributed by atoms with van der Waals surface area (Å²) in [6.07, 6.45) is 0. The number of hydrogen-bond acceptors (Lipinski definition) is 2. The van der Waals surface area contributed by atoms with Gasteiger partial charge in [-0.2, -0.15) is 0 Å². The molecule has 0 aromatic heterocycles. The van der Waals surface area contributed by atoms with Gasteiger partial charge >= 0.3 is 15.6 Å². The molecule has 0 radical (unpaired) electrons.